The Morgan fingerprint density at radius 3 is 2.20 bits per heavy atom. The van der Waals surface area contributed by atoms with Crippen molar-refractivity contribution in [1.82, 2.24) is 10.6 Å². The standard InChI is InChI=1S/C10H19IN2O2/c1-8(14)12-6-7-13-9(15)10(2,3)4-5-11/h4-7H2,1-3H3,(H,12,14)(H,13,15). The van der Waals surface area contributed by atoms with Gasteiger partial charge in [0.05, 0.1) is 0 Å². The van der Waals surface area contributed by atoms with Gasteiger partial charge >= 0.3 is 0 Å². The first-order valence-corrected chi connectivity index (χ1v) is 6.51. The van der Waals surface area contributed by atoms with Gasteiger partial charge in [0, 0.05) is 29.9 Å². The van der Waals surface area contributed by atoms with Crippen LogP contribution in [0.2, 0.25) is 0 Å². The second kappa shape index (κ2) is 7.03. The van der Waals surface area contributed by atoms with Crippen molar-refractivity contribution in [2.45, 2.75) is 27.2 Å². The van der Waals surface area contributed by atoms with Gasteiger partial charge in [-0.15, -0.1) is 0 Å². The summed E-state index contributed by atoms with van der Waals surface area (Å²) in [6.07, 6.45) is 0.861. The molecule has 0 rings (SSSR count). The van der Waals surface area contributed by atoms with E-state index >= 15 is 0 Å². The van der Waals surface area contributed by atoms with Crippen LogP contribution in [0, 0.1) is 5.41 Å². The molecule has 0 aromatic heterocycles. The molecule has 0 aromatic carbocycles. The largest absolute Gasteiger partial charge is 0.355 e. The smallest absolute Gasteiger partial charge is 0.225 e. The average molecular weight is 326 g/mol. The molecule has 0 aliphatic rings. The van der Waals surface area contributed by atoms with Crippen LogP contribution in [-0.2, 0) is 9.59 Å². The fourth-order valence-electron chi connectivity index (χ4n) is 1.00. The predicted molar refractivity (Wildman–Crippen MR) is 69.0 cm³/mol. The van der Waals surface area contributed by atoms with Crippen LogP contribution in [0.1, 0.15) is 27.2 Å². The Kier molecular flexibility index (Phi) is 6.87. The Labute approximate surface area is 105 Å². The maximum Gasteiger partial charge on any atom is 0.225 e. The molecule has 0 saturated carbocycles. The summed E-state index contributed by atoms with van der Waals surface area (Å²) in [7, 11) is 0. The number of hydrogen-bond donors (Lipinski definition) is 2. The van der Waals surface area contributed by atoms with Crippen LogP contribution >= 0.6 is 22.6 Å². The molecule has 0 aromatic rings. The Hall–Kier alpha value is -0.330. The molecule has 88 valence electrons. The zero-order valence-corrected chi connectivity index (χ0v) is 11.7. The van der Waals surface area contributed by atoms with Crippen molar-refractivity contribution in [2.24, 2.45) is 5.41 Å². The van der Waals surface area contributed by atoms with Gasteiger partial charge in [-0.25, -0.2) is 0 Å². The molecular weight excluding hydrogens is 307 g/mol. The second-order valence-electron chi connectivity index (χ2n) is 4.06. The van der Waals surface area contributed by atoms with Gasteiger partial charge in [-0.05, 0) is 6.42 Å². The van der Waals surface area contributed by atoms with Crippen LogP contribution < -0.4 is 10.6 Å². The van der Waals surface area contributed by atoms with Crippen molar-refractivity contribution in [3.8, 4) is 0 Å². The summed E-state index contributed by atoms with van der Waals surface area (Å²) in [4.78, 5) is 22.2. The molecule has 0 atom stereocenters. The highest BCUT2D eigenvalue weighted by Crippen LogP contribution is 2.21. The Bertz CT molecular complexity index is 229. The summed E-state index contributed by atoms with van der Waals surface area (Å²) >= 11 is 2.26. The highest BCUT2D eigenvalue weighted by atomic mass is 127. The van der Waals surface area contributed by atoms with Crippen molar-refractivity contribution in [3.63, 3.8) is 0 Å². The zero-order chi connectivity index (χ0) is 11.9. The van der Waals surface area contributed by atoms with E-state index in [0.29, 0.717) is 13.1 Å². The van der Waals surface area contributed by atoms with E-state index < -0.39 is 0 Å². The molecule has 15 heavy (non-hydrogen) atoms. The van der Waals surface area contributed by atoms with Gasteiger partial charge < -0.3 is 10.6 Å². The van der Waals surface area contributed by atoms with Crippen LogP contribution in [0.4, 0.5) is 0 Å². The lowest BCUT2D eigenvalue weighted by Gasteiger charge is -2.22. The number of hydrogen-bond acceptors (Lipinski definition) is 2. The van der Waals surface area contributed by atoms with E-state index in [1.807, 2.05) is 13.8 Å². The number of alkyl halides is 1. The topological polar surface area (TPSA) is 58.2 Å². The summed E-state index contributed by atoms with van der Waals surface area (Å²) in [6, 6.07) is 0. The number of rotatable bonds is 6. The third kappa shape index (κ3) is 6.70. The maximum atomic E-state index is 11.7. The van der Waals surface area contributed by atoms with E-state index in [0.717, 1.165) is 10.8 Å². The second-order valence-corrected chi connectivity index (χ2v) is 5.14. The first kappa shape index (κ1) is 14.7. The molecule has 0 heterocycles. The zero-order valence-electron chi connectivity index (χ0n) is 9.52. The van der Waals surface area contributed by atoms with Crippen LogP contribution in [0.5, 0.6) is 0 Å². The molecule has 0 spiro atoms. The minimum absolute atomic E-state index is 0.0459. The van der Waals surface area contributed by atoms with E-state index in [2.05, 4.69) is 33.2 Å². The molecule has 0 aliphatic heterocycles. The highest BCUT2D eigenvalue weighted by Gasteiger charge is 2.25. The van der Waals surface area contributed by atoms with E-state index in [-0.39, 0.29) is 17.2 Å². The van der Waals surface area contributed by atoms with Gasteiger partial charge in [-0.3, -0.25) is 9.59 Å². The summed E-state index contributed by atoms with van der Waals surface area (Å²) in [5.41, 5.74) is -0.322. The van der Waals surface area contributed by atoms with Gasteiger partial charge in [0.2, 0.25) is 11.8 Å². The van der Waals surface area contributed by atoms with Gasteiger partial charge in [-0.2, -0.15) is 0 Å². The average Bonchev–Trinajstić information content (AvgIpc) is 2.11. The van der Waals surface area contributed by atoms with Crippen molar-refractivity contribution < 1.29 is 9.59 Å². The predicted octanol–water partition coefficient (Wildman–Crippen LogP) is 1.09. The van der Waals surface area contributed by atoms with Crippen LogP contribution in [0.15, 0.2) is 0 Å². The minimum atomic E-state index is -0.322. The number of carbonyl (C=O) groups excluding carboxylic acids is 2. The third-order valence-electron chi connectivity index (χ3n) is 2.12. The van der Waals surface area contributed by atoms with Gasteiger partial charge in [0.15, 0.2) is 0 Å². The fraction of sp³-hybridized carbons (Fsp3) is 0.800. The third-order valence-corrected chi connectivity index (χ3v) is 2.66. The monoisotopic (exact) mass is 326 g/mol. The van der Waals surface area contributed by atoms with E-state index in [4.69, 9.17) is 0 Å². The molecule has 4 nitrogen and oxygen atoms in total. The van der Waals surface area contributed by atoms with E-state index in [9.17, 15) is 9.59 Å². The molecule has 5 heteroatoms. The SMILES string of the molecule is CC(=O)NCCNC(=O)C(C)(C)CCI. The number of amides is 2. The maximum absolute atomic E-state index is 11.7. The number of nitrogens with one attached hydrogen (secondary N) is 2. The highest BCUT2D eigenvalue weighted by molar-refractivity contribution is 14.1. The van der Waals surface area contributed by atoms with E-state index in [1.165, 1.54) is 6.92 Å². The molecule has 0 radical (unpaired) electrons. The van der Waals surface area contributed by atoms with Crippen molar-refractivity contribution >= 4 is 34.4 Å². The van der Waals surface area contributed by atoms with Crippen LogP contribution in [0.3, 0.4) is 0 Å². The Morgan fingerprint density at radius 1 is 1.20 bits per heavy atom. The lowest BCUT2D eigenvalue weighted by molar-refractivity contribution is -0.129. The van der Waals surface area contributed by atoms with Crippen molar-refractivity contribution in [2.75, 3.05) is 17.5 Å². The molecule has 0 bridgehead atoms. The molecular formula is C10H19IN2O2. The quantitative estimate of drug-likeness (QED) is 0.436. The van der Waals surface area contributed by atoms with Gasteiger partial charge in [0.25, 0.3) is 0 Å². The van der Waals surface area contributed by atoms with E-state index in [1.54, 1.807) is 0 Å². The van der Waals surface area contributed by atoms with Crippen LogP contribution in [-0.4, -0.2) is 29.3 Å². The lowest BCUT2D eigenvalue weighted by Crippen LogP contribution is -2.41. The number of carbonyl (C=O) groups is 2. The summed E-state index contributed by atoms with van der Waals surface area (Å²) in [5, 5.41) is 5.44. The Morgan fingerprint density at radius 2 is 1.73 bits per heavy atom. The molecule has 2 N–H and O–H groups in total. The first-order chi connectivity index (χ1) is 6.90. The van der Waals surface area contributed by atoms with Gasteiger partial charge in [-0.1, -0.05) is 36.4 Å². The molecule has 2 amide bonds. The fourth-order valence-corrected chi connectivity index (χ4v) is 2.35. The summed E-state index contributed by atoms with van der Waals surface area (Å²) < 4.78 is 0.962. The van der Waals surface area contributed by atoms with Crippen molar-refractivity contribution in [3.05, 3.63) is 0 Å². The summed E-state index contributed by atoms with van der Waals surface area (Å²) in [6.45, 7) is 6.30. The summed E-state index contributed by atoms with van der Waals surface area (Å²) in [5.74, 6) is -0.0275. The number of halogens is 1. The molecule has 0 unspecified atom stereocenters. The molecule has 0 aliphatic carbocycles. The van der Waals surface area contributed by atoms with Crippen LogP contribution in [0.25, 0.3) is 0 Å². The van der Waals surface area contributed by atoms with Gasteiger partial charge in [0.1, 0.15) is 0 Å². The molecule has 0 fully saturated rings. The Balaban J connectivity index is 3.78. The lowest BCUT2D eigenvalue weighted by atomic mass is 9.89. The molecule has 0 saturated heterocycles. The normalized spacial score (nSPS) is 10.9. The van der Waals surface area contributed by atoms with Crippen molar-refractivity contribution in [1.29, 1.82) is 0 Å². The minimum Gasteiger partial charge on any atom is -0.355 e. The first-order valence-electron chi connectivity index (χ1n) is 4.99.